The van der Waals surface area contributed by atoms with Crippen LogP contribution in [-0.4, -0.2) is 61.1 Å². The zero-order valence-electron chi connectivity index (χ0n) is 21.6. The molecule has 1 atom stereocenters. The Hall–Kier alpha value is -3.82. The summed E-state index contributed by atoms with van der Waals surface area (Å²) in [6.45, 7) is 3.11. The molecule has 1 unspecified atom stereocenters. The van der Waals surface area contributed by atoms with E-state index in [2.05, 4.69) is 0 Å². The molecular weight excluding hydrogens is 529 g/mol. The summed E-state index contributed by atoms with van der Waals surface area (Å²) < 4.78 is 35.3. The molecule has 3 aromatic rings. The van der Waals surface area contributed by atoms with Gasteiger partial charge in [-0.25, -0.2) is 14.0 Å². The molecule has 0 radical (unpaired) electrons. The van der Waals surface area contributed by atoms with Crippen LogP contribution in [0.2, 0.25) is 5.02 Å². The van der Waals surface area contributed by atoms with Crippen LogP contribution in [-0.2, 0) is 16.0 Å². The molecule has 0 saturated heterocycles. The van der Waals surface area contributed by atoms with Crippen LogP contribution >= 0.6 is 11.6 Å². The molecule has 0 saturated carbocycles. The molecule has 10 heteroatoms. The minimum atomic E-state index is -1.01. The molecule has 8 nitrogen and oxygen atoms in total. The molecular formula is C29H31ClFNO7. The van der Waals surface area contributed by atoms with E-state index in [1.807, 2.05) is 0 Å². The minimum absolute atomic E-state index is 0.187. The molecule has 0 spiro atoms. The van der Waals surface area contributed by atoms with Gasteiger partial charge in [-0.1, -0.05) is 35.9 Å². The van der Waals surface area contributed by atoms with E-state index in [1.54, 1.807) is 55.5 Å². The summed E-state index contributed by atoms with van der Waals surface area (Å²) in [5, 5.41) is 9.58. The zero-order valence-corrected chi connectivity index (χ0v) is 22.3. The second-order valence-corrected chi connectivity index (χ2v) is 8.83. The van der Waals surface area contributed by atoms with Crippen LogP contribution in [0.15, 0.2) is 72.8 Å². The van der Waals surface area contributed by atoms with Crippen molar-refractivity contribution in [3.8, 4) is 17.2 Å². The Morgan fingerprint density at radius 3 is 2.21 bits per heavy atom. The third-order valence-corrected chi connectivity index (χ3v) is 5.88. The van der Waals surface area contributed by atoms with E-state index >= 15 is 0 Å². The summed E-state index contributed by atoms with van der Waals surface area (Å²) >= 11 is 6.13. The molecule has 0 aliphatic rings. The number of carboxylic acids is 1. The highest BCUT2D eigenvalue weighted by molar-refractivity contribution is 6.32. The van der Waals surface area contributed by atoms with E-state index in [-0.39, 0.29) is 31.1 Å². The number of para-hydroxylation sites is 1. The Bertz CT molecular complexity index is 1190. The molecule has 0 aliphatic carbocycles. The van der Waals surface area contributed by atoms with Crippen LogP contribution in [0.25, 0.3) is 0 Å². The number of carboxylic acid groups (broad SMARTS) is 1. The van der Waals surface area contributed by atoms with Crippen molar-refractivity contribution in [2.24, 2.45) is 0 Å². The van der Waals surface area contributed by atoms with Crippen molar-refractivity contribution in [3.63, 3.8) is 0 Å². The van der Waals surface area contributed by atoms with Gasteiger partial charge in [0.15, 0.2) is 11.9 Å². The summed E-state index contributed by atoms with van der Waals surface area (Å²) in [6, 6.07) is 19.4. The number of ether oxygens (including phenoxy) is 4. The first-order valence-corrected chi connectivity index (χ1v) is 12.9. The van der Waals surface area contributed by atoms with Crippen LogP contribution in [0.5, 0.6) is 17.2 Å². The molecule has 0 aliphatic heterocycles. The quantitative estimate of drug-likeness (QED) is 0.233. The molecule has 0 aromatic heterocycles. The number of halogens is 2. The first kappa shape index (κ1) is 29.7. The molecule has 0 fully saturated rings. The number of rotatable bonds is 15. The summed E-state index contributed by atoms with van der Waals surface area (Å²) in [5.74, 6) is -0.00480. The normalized spacial score (nSPS) is 11.5. The Kier molecular flexibility index (Phi) is 11.9. The average molecular weight is 560 g/mol. The number of amides is 1. The van der Waals surface area contributed by atoms with E-state index in [0.717, 1.165) is 5.56 Å². The lowest BCUT2D eigenvalue weighted by Crippen LogP contribution is -2.38. The van der Waals surface area contributed by atoms with E-state index in [0.29, 0.717) is 42.7 Å². The fourth-order valence-corrected chi connectivity index (χ4v) is 3.76. The SMILES string of the molecule is CCOC(Cc1ccc(OCCN(CCCOc2ccc(F)cc2)C(=O)Oc2ccccc2Cl)cc1)C(=O)O. The summed E-state index contributed by atoms with van der Waals surface area (Å²) in [6.07, 6.45) is -0.759. The van der Waals surface area contributed by atoms with Gasteiger partial charge in [0.25, 0.3) is 0 Å². The first-order chi connectivity index (χ1) is 18.9. The van der Waals surface area contributed by atoms with E-state index in [1.165, 1.54) is 29.2 Å². The van der Waals surface area contributed by atoms with Crippen molar-refractivity contribution in [2.45, 2.75) is 25.9 Å². The highest BCUT2D eigenvalue weighted by Gasteiger charge is 2.19. The number of hydrogen-bond donors (Lipinski definition) is 1. The van der Waals surface area contributed by atoms with Gasteiger partial charge in [0.1, 0.15) is 23.9 Å². The van der Waals surface area contributed by atoms with Crippen molar-refractivity contribution in [1.82, 2.24) is 4.90 Å². The van der Waals surface area contributed by atoms with Gasteiger partial charge in [-0.2, -0.15) is 0 Å². The lowest BCUT2D eigenvalue weighted by atomic mass is 10.1. The number of carbonyl (C=O) groups excluding carboxylic acids is 1. The van der Waals surface area contributed by atoms with E-state index < -0.39 is 18.2 Å². The third kappa shape index (κ3) is 10.1. The number of nitrogens with zero attached hydrogens (tertiary/aromatic N) is 1. The summed E-state index contributed by atoms with van der Waals surface area (Å²) in [5.41, 5.74) is 0.800. The maximum absolute atomic E-state index is 13.1. The largest absolute Gasteiger partial charge is 0.494 e. The van der Waals surface area contributed by atoms with Gasteiger partial charge in [-0.3, -0.25) is 0 Å². The predicted octanol–water partition coefficient (Wildman–Crippen LogP) is 5.86. The predicted molar refractivity (Wildman–Crippen MR) is 144 cm³/mol. The van der Waals surface area contributed by atoms with Crippen molar-refractivity contribution in [1.29, 1.82) is 0 Å². The standard InChI is InChI=1S/C29H31ClFNO7/c1-2-36-27(28(33)34)20-21-8-12-23(13-9-21)38-19-17-32(29(35)39-26-7-4-3-6-25(26)30)16-5-18-37-24-14-10-22(31)11-15-24/h3-4,6-15,27H,2,5,16-20H2,1H3,(H,33,34). The molecule has 3 aromatic carbocycles. The topological polar surface area (TPSA) is 94.5 Å². The summed E-state index contributed by atoms with van der Waals surface area (Å²) in [7, 11) is 0. The van der Waals surface area contributed by atoms with E-state index in [9.17, 15) is 19.1 Å². The highest BCUT2D eigenvalue weighted by Crippen LogP contribution is 2.24. The fourth-order valence-electron chi connectivity index (χ4n) is 3.58. The minimum Gasteiger partial charge on any atom is -0.494 e. The van der Waals surface area contributed by atoms with Gasteiger partial charge < -0.3 is 29.0 Å². The summed E-state index contributed by atoms with van der Waals surface area (Å²) in [4.78, 5) is 25.7. The third-order valence-electron chi connectivity index (χ3n) is 5.56. The van der Waals surface area contributed by atoms with Gasteiger partial charge in [-0.05, 0) is 67.4 Å². The molecule has 39 heavy (non-hydrogen) atoms. The Morgan fingerprint density at radius 2 is 1.56 bits per heavy atom. The molecule has 3 rings (SSSR count). The number of carbonyl (C=O) groups is 2. The Balaban J connectivity index is 1.54. The fraction of sp³-hybridized carbons (Fsp3) is 0.310. The molecule has 208 valence electrons. The number of aliphatic carboxylic acids is 1. The lowest BCUT2D eigenvalue weighted by molar-refractivity contribution is -0.149. The maximum atomic E-state index is 13.1. The Morgan fingerprint density at radius 1 is 0.923 bits per heavy atom. The molecule has 0 heterocycles. The Labute approximate surface area is 231 Å². The van der Waals surface area contributed by atoms with Crippen molar-refractivity contribution in [2.75, 3.05) is 32.9 Å². The van der Waals surface area contributed by atoms with Gasteiger partial charge >= 0.3 is 12.1 Å². The zero-order chi connectivity index (χ0) is 28.0. The lowest BCUT2D eigenvalue weighted by Gasteiger charge is -2.22. The first-order valence-electron chi connectivity index (χ1n) is 12.5. The second kappa shape index (κ2) is 15.6. The van der Waals surface area contributed by atoms with Crippen molar-refractivity contribution >= 4 is 23.7 Å². The van der Waals surface area contributed by atoms with Gasteiger partial charge in [0, 0.05) is 19.6 Å². The molecule has 0 bridgehead atoms. The van der Waals surface area contributed by atoms with Gasteiger partial charge in [0.2, 0.25) is 0 Å². The second-order valence-electron chi connectivity index (χ2n) is 8.42. The smallest absolute Gasteiger partial charge is 0.415 e. The number of benzene rings is 3. The highest BCUT2D eigenvalue weighted by atomic mass is 35.5. The van der Waals surface area contributed by atoms with Crippen LogP contribution < -0.4 is 14.2 Å². The van der Waals surface area contributed by atoms with E-state index in [4.69, 9.17) is 30.5 Å². The maximum Gasteiger partial charge on any atom is 0.415 e. The monoisotopic (exact) mass is 559 g/mol. The van der Waals surface area contributed by atoms with Crippen molar-refractivity contribution < 1.29 is 38.0 Å². The average Bonchev–Trinajstić information content (AvgIpc) is 2.92. The van der Waals surface area contributed by atoms with Crippen LogP contribution in [0, 0.1) is 5.82 Å². The number of hydrogen-bond acceptors (Lipinski definition) is 6. The molecule has 1 N–H and O–H groups in total. The van der Waals surface area contributed by atoms with Gasteiger partial charge in [-0.15, -0.1) is 0 Å². The molecule has 1 amide bonds. The van der Waals surface area contributed by atoms with Crippen LogP contribution in [0.3, 0.4) is 0 Å². The van der Waals surface area contributed by atoms with Crippen LogP contribution in [0.4, 0.5) is 9.18 Å². The van der Waals surface area contributed by atoms with Crippen molar-refractivity contribution in [3.05, 3.63) is 89.2 Å². The van der Waals surface area contributed by atoms with Gasteiger partial charge in [0.05, 0.1) is 18.2 Å². The van der Waals surface area contributed by atoms with Crippen LogP contribution in [0.1, 0.15) is 18.9 Å².